The molecule has 132 valence electrons. The molecule has 2 fully saturated rings. The van der Waals surface area contributed by atoms with Gasteiger partial charge in [-0.2, -0.15) is 0 Å². The number of methoxy groups -OCH3 is 1. The second kappa shape index (κ2) is 9.93. The van der Waals surface area contributed by atoms with Crippen molar-refractivity contribution in [3.63, 3.8) is 0 Å². The molecule has 0 radical (unpaired) electrons. The van der Waals surface area contributed by atoms with Crippen LogP contribution >= 0.6 is 24.8 Å². The van der Waals surface area contributed by atoms with E-state index in [0.29, 0.717) is 0 Å². The third-order valence-corrected chi connectivity index (χ3v) is 4.72. The highest BCUT2D eigenvalue weighted by atomic mass is 35.5. The molecule has 2 aliphatic rings. The van der Waals surface area contributed by atoms with E-state index >= 15 is 0 Å². The molecule has 2 aliphatic heterocycles. The Balaban J connectivity index is 0.00000220. The number of hydrogen-bond acceptors (Lipinski definition) is 4. The van der Waals surface area contributed by atoms with Crippen LogP contribution in [0.2, 0.25) is 0 Å². The lowest BCUT2D eigenvalue weighted by molar-refractivity contribution is -0.159. The van der Waals surface area contributed by atoms with Crippen molar-refractivity contribution in [2.45, 2.75) is 31.3 Å². The van der Waals surface area contributed by atoms with Gasteiger partial charge in [-0.3, -0.25) is 4.79 Å². The summed E-state index contributed by atoms with van der Waals surface area (Å²) in [7, 11) is 5.92. The lowest BCUT2D eigenvalue weighted by Gasteiger charge is -2.41. The van der Waals surface area contributed by atoms with Crippen molar-refractivity contribution in [2.75, 3.05) is 53.9 Å². The molecule has 0 aromatic rings. The topological polar surface area (TPSA) is 44.8 Å². The largest absolute Gasteiger partial charge is 0.368 e. The lowest BCUT2D eigenvalue weighted by atomic mass is 9.88. The molecular formula is C15H31Cl2N3O2. The second-order valence-electron chi connectivity index (χ2n) is 6.45. The van der Waals surface area contributed by atoms with Gasteiger partial charge in [0, 0.05) is 26.7 Å². The average molecular weight is 356 g/mol. The molecular weight excluding hydrogens is 325 g/mol. The Morgan fingerprint density at radius 3 is 2.23 bits per heavy atom. The molecule has 0 saturated carbocycles. The van der Waals surface area contributed by atoms with Crippen LogP contribution < -0.4 is 5.32 Å². The number of halogens is 2. The fourth-order valence-electron chi connectivity index (χ4n) is 3.46. The van der Waals surface area contributed by atoms with E-state index in [1.807, 2.05) is 4.90 Å². The number of likely N-dealkylation sites (tertiary alicyclic amines) is 1. The van der Waals surface area contributed by atoms with Gasteiger partial charge < -0.3 is 19.9 Å². The summed E-state index contributed by atoms with van der Waals surface area (Å²) in [5.41, 5.74) is -0.570. The molecule has 0 atom stereocenters. The molecule has 1 N–H and O–H groups in total. The van der Waals surface area contributed by atoms with Crippen molar-refractivity contribution < 1.29 is 9.53 Å². The Bertz CT molecular complexity index is 329. The third-order valence-electron chi connectivity index (χ3n) is 4.72. The minimum absolute atomic E-state index is 0. The summed E-state index contributed by atoms with van der Waals surface area (Å²) in [6, 6.07) is 0. The maximum absolute atomic E-state index is 12.8. The third kappa shape index (κ3) is 5.24. The Morgan fingerprint density at radius 2 is 1.77 bits per heavy atom. The Morgan fingerprint density at radius 1 is 1.23 bits per heavy atom. The fourth-order valence-corrected chi connectivity index (χ4v) is 3.46. The van der Waals surface area contributed by atoms with Gasteiger partial charge in [0.25, 0.3) is 5.91 Å². The van der Waals surface area contributed by atoms with Crippen molar-refractivity contribution in [3.8, 4) is 0 Å². The Kier molecular flexibility index (Phi) is 9.90. The predicted molar refractivity (Wildman–Crippen MR) is 94.2 cm³/mol. The first-order valence-electron chi connectivity index (χ1n) is 7.77. The van der Waals surface area contributed by atoms with E-state index in [2.05, 4.69) is 24.3 Å². The maximum atomic E-state index is 12.8. The standard InChI is InChI=1S/C15H29N3O2.2ClH/c1-17(2)12-13-4-10-18(11-5-13)14(19)15(20-3)6-8-16-9-7-15;;/h13,16H,4-12H2,1-3H3;2*1H. The van der Waals surface area contributed by atoms with Crippen molar-refractivity contribution in [1.29, 1.82) is 0 Å². The SMILES string of the molecule is COC1(C(=O)N2CCC(CN(C)C)CC2)CCNCC1.Cl.Cl. The molecule has 2 rings (SSSR count). The molecule has 2 heterocycles. The highest BCUT2D eigenvalue weighted by Gasteiger charge is 2.43. The zero-order valence-corrected chi connectivity index (χ0v) is 15.6. The highest BCUT2D eigenvalue weighted by Crippen LogP contribution is 2.28. The van der Waals surface area contributed by atoms with Gasteiger partial charge in [-0.05, 0) is 58.8 Å². The van der Waals surface area contributed by atoms with Crippen LogP contribution in [0.4, 0.5) is 0 Å². The molecule has 0 aromatic carbocycles. The first kappa shape index (κ1) is 21.9. The van der Waals surface area contributed by atoms with Crippen LogP contribution in [-0.2, 0) is 9.53 Å². The zero-order valence-electron chi connectivity index (χ0n) is 14.0. The van der Waals surface area contributed by atoms with Gasteiger partial charge in [0.2, 0.25) is 0 Å². The first-order chi connectivity index (χ1) is 9.57. The van der Waals surface area contributed by atoms with Gasteiger partial charge in [-0.1, -0.05) is 0 Å². The number of ether oxygens (including phenoxy) is 1. The van der Waals surface area contributed by atoms with Gasteiger partial charge in [-0.15, -0.1) is 24.8 Å². The minimum atomic E-state index is -0.570. The summed E-state index contributed by atoms with van der Waals surface area (Å²) in [6.07, 6.45) is 3.81. The summed E-state index contributed by atoms with van der Waals surface area (Å²) >= 11 is 0. The smallest absolute Gasteiger partial charge is 0.254 e. The Labute approximate surface area is 146 Å². The molecule has 0 bridgehead atoms. The van der Waals surface area contributed by atoms with Gasteiger partial charge in [0.1, 0.15) is 5.60 Å². The summed E-state index contributed by atoms with van der Waals surface area (Å²) in [5.74, 6) is 0.936. The number of carbonyl (C=O) groups excluding carboxylic acids is 1. The maximum Gasteiger partial charge on any atom is 0.254 e. The van der Waals surface area contributed by atoms with Crippen molar-refractivity contribution in [3.05, 3.63) is 0 Å². The normalized spacial score (nSPS) is 21.9. The zero-order chi connectivity index (χ0) is 14.6. The van der Waals surface area contributed by atoms with E-state index in [1.54, 1.807) is 7.11 Å². The molecule has 22 heavy (non-hydrogen) atoms. The van der Waals surface area contributed by atoms with E-state index in [0.717, 1.165) is 64.3 Å². The Hall–Kier alpha value is -0.0700. The van der Waals surface area contributed by atoms with Crippen LogP contribution in [0.25, 0.3) is 0 Å². The number of piperidine rings is 2. The van der Waals surface area contributed by atoms with Crippen LogP contribution in [-0.4, -0.2) is 75.2 Å². The predicted octanol–water partition coefficient (Wildman–Crippen LogP) is 1.40. The van der Waals surface area contributed by atoms with Crippen LogP contribution in [0.3, 0.4) is 0 Å². The number of amides is 1. The first-order valence-corrected chi connectivity index (χ1v) is 7.77. The van der Waals surface area contributed by atoms with Gasteiger partial charge in [0.05, 0.1) is 0 Å². The van der Waals surface area contributed by atoms with Gasteiger partial charge in [-0.25, -0.2) is 0 Å². The lowest BCUT2D eigenvalue weighted by Crippen LogP contribution is -2.56. The quantitative estimate of drug-likeness (QED) is 0.827. The van der Waals surface area contributed by atoms with Crippen molar-refractivity contribution in [2.24, 2.45) is 5.92 Å². The molecule has 0 aromatic heterocycles. The molecule has 5 nitrogen and oxygen atoms in total. The van der Waals surface area contributed by atoms with Gasteiger partial charge >= 0.3 is 0 Å². The fraction of sp³-hybridized carbons (Fsp3) is 0.933. The molecule has 2 saturated heterocycles. The van der Waals surface area contributed by atoms with E-state index in [9.17, 15) is 4.79 Å². The molecule has 7 heteroatoms. The molecule has 0 unspecified atom stereocenters. The minimum Gasteiger partial charge on any atom is -0.368 e. The van der Waals surface area contributed by atoms with E-state index in [4.69, 9.17) is 4.74 Å². The summed E-state index contributed by atoms with van der Waals surface area (Å²) in [4.78, 5) is 17.1. The summed E-state index contributed by atoms with van der Waals surface area (Å²) in [6.45, 7) is 4.64. The highest BCUT2D eigenvalue weighted by molar-refractivity contribution is 5.86. The van der Waals surface area contributed by atoms with E-state index in [1.165, 1.54) is 0 Å². The summed E-state index contributed by atoms with van der Waals surface area (Å²) < 4.78 is 5.65. The van der Waals surface area contributed by atoms with Crippen molar-refractivity contribution in [1.82, 2.24) is 15.1 Å². The van der Waals surface area contributed by atoms with Crippen LogP contribution in [0.1, 0.15) is 25.7 Å². The second-order valence-corrected chi connectivity index (χ2v) is 6.45. The van der Waals surface area contributed by atoms with E-state index < -0.39 is 5.60 Å². The van der Waals surface area contributed by atoms with Crippen LogP contribution in [0.15, 0.2) is 0 Å². The van der Waals surface area contributed by atoms with Gasteiger partial charge in [0.15, 0.2) is 0 Å². The number of carbonyl (C=O) groups is 1. The number of hydrogen-bond donors (Lipinski definition) is 1. The number of nitrogens with one attached hydrogen (secondary N) is 1. The monoisotopic (exact) mass is 355 g/mol. The van der Waals surface area contributed by atoms with Crippen molar-refractivity contribution >= 4 is 30.7 Å². The van der Waals surface area contributed by atoms with E-state index in [-0.39, 0.29) is 30.7 Å². The molecule has 0 aliphatic carbocycles. The number of rotatable bonds is 4. The van der Waals surface area contributed by atoms with Crippen LogP contribution in [0.5, 0.6) is 0 Å². The molecule has 0 spiro atoms. The average Bonchev–Trinajstić information content (AvgIpc) is 2.47. The molecule has 1 amide bonds. The van der Waals surface area contributed by atoms with Crippen LogP contribution in [0, 0.1) is 5.92 Å². The summed E-state index contributed by atoms with van der Waals surface area (Å²) in [5, 5.41) is 3.30. The number of nitrogens with zero attached hydrogens (tertiary/aromatic N) is 2.